The van der Waals surface area contributed by atoms with E-state index in [0.29, 0.717) is 6.04 Å². The minimum absolute atomic E-state index is 0.439. The van der Waals surface area contributed by atoms with Gasteiger partial charge in [0.2, 0.25) is 0 Å². The molecule has 0 amide bonds. The molecule has 2 heteroatoms. The van der Waals surface area contributed by atoms with E-state index < -0.39 is 0 Å². The molecule has 2 aromatic rings. The topological polar surface area (TPSA) is 3.24 Å². The summed E-state index contributed by atoms with van der Waals surface area (Å²) in [5, 5.41) is 0. The summed E-state index contributed by atoms with van der Waals surface area (Å²) in [5.74, 6) is 0. The van der Waals surface area contributed by atoms with Crippen molar-refractivity contribution in [2.75, 3.05) is 11.4 Å². The number of anilines is 1. The fraction of sp³-hybridized carbons (Fsp3) is 0.250. The van der Waals surface area contributed by atoms with Gasteiger partial charge in [0.15, 0.2) is 0 Å². The molecule has 0 unspecified atom stereocenters. The van der Waals surface area contributed by atoms with Crippen LogP contribution in [-0.2, 0) is 6.42 Å². The summed E-state index contributed by atoms with van der Waals surface area (Å²) in [6.07, 6.45) is 1.13. The van der Waals surface area contributed by atoms with E-state index in [1.54, 1.807) is 0 Å². The highest BCUT2D eigenvalue weighted by molar-refractivity contribution is 9.10. The van der Waals surface area contributed by atoms with Gasteiger partial charge in [0.1, 0.15) is 0 Å². The van der Waals surface area contributed by atoms with Crippen LogP contribution in [0.25, 0.3) is 0 Å². The molecule has 0 spiro atoms. The summed E-state index contributed by atoms with van der Waals surface area (Å²) in [6.45, 7) is 3.37. The summed E-state index contributed by atoms with van der Waals surface area (Å²) >= 11 is 3.66. The van der Waals surface area contributed by atoms with Crippen LogP contribution in [0.4, 0.5) is 5.69 Å². The average Bonchev–Trinajstić information content (AvgIpc) is 2.41. The minimum Gasteiger partial charge on any atom is -0.364 e. The molecule has 0 saturated heterocycles. The molecule has 18 heavy (non-hydrogen) atoms. The fourth-order valence-corrected chi connectivity index (χ4v) is 3.30. The first-order valence-corrected chi connectivity index (χ1v) is 7.15. The fourth-order valence-electron chi connectivity index (χ4n) is 2.79. The molecule has 2 aromatic carbocycles. The van der Waals surface area contributed by atoms with Crippen LogP contribution in [0.3, 0.4) is 0 Å². The summed E-state index contributed by atoms with van der Waals surface area (Å²) in [7, 11) is 0. The Labute approximate surface area is 117 Å². The first-order valence-electron chi connectivity index (χ1n) is 6.36. The summed E-state index contributed by atoms with van der Waals surface area (Å²) < 4.78 is 1.18. The van der Waals surface area contributed by atoms with E-state index in [1.807, 2.05) is 0 Å². The predicted octanol–water partition coefficient (Wildman–Crippen LogP) is 4.57. The van der Waals surface area contributed by atoms with E-state index >= 15 is 0 Å². The van der Waals surface area contributed by atoms with Crippen LogP contribution in [0.2, 0.25) is 0 Å². The van der Waals surface area contributed by atoms with Crippen LogP contribution in [0, 0.1) is 0 Å². The summed E-state index contributed by atoms with van der Waals surface area (Å²) in [5.41, 5.74) is 4.24. The van der Waals surface area contributed by atoms with Gasteiger partial charge in [0.25, 0.3) is 0 Å². The van der Waals surface area contributed by atoms with Crippen molar-refractivity contribution < 1.29 is 0 Å². The molecule has 1 heterocycles. The Morgan fingerprint density at radius 2 is 1.78 bits per heavy atom. The number of para-hydroxylation sites is 1. The van der Waals surface area contributed by atoms with Crippen molar-refractivity contribution in [3.63, 3.8) is 0 Å². The monoisotopic (exact) mass is 301 g/mol. The second-order valence-electron chi connectivity index (χ2n) is 4.77. The Morgan fingerprint density at radius 3 is 2.61 bits per heavy atom. The zero-order chi connectivity index (χ0) is 12.5. The van der Waals surface area contributed by atoms with Gasteiger partial charge in [0, 0.05) is 11.0 Å². The van der Waals surface area contributed by atoms with Crippen molar-refractivity contribution in [3.05, 3.63) is 64.1 Å². The van der Waals surface area contributed by atoms with E-state index in [0.717, 1.165) is 13.0 Å². The van der Waals surface area contributed by atoms with Gasteiger partial charge in [-0.2, -0.15) is 0 Å². The van der Waals surface area contributed by atoms with Crippen molar-refractivity contribution >= 4 is 21.6 Å². The Kier molecular flexibility index (Phi) is 3.13. The van der Waals surface area contributed by atoms with Crippen LogP contribution >= 0.6 is 15.9 Å². The largest absolute Gasteiger partial charge is 0.364 e. The Hall–Kier alpha value is -1.28. The van der Waals surface area contributed by atoms with Crippen molar-refractivity contribution in [1.82, 2.24) is 0 Å². The van der Waals surface area contributed by atoms with E-state index in [2.05, 4.69) is 76.3 Å². The SMILES string of the molecule is C[C@H]1c2ccccc2CCN1c1ccccc1Br. The number of halogens is 1. The zero-order valence-corrected chi connectivity index (χ0v) is 12.0. The molecule has 0 N–H and O–H groups in total. The number of rotatable bonds is 1. The number of hydrogen-bond donors (Lipinski definition) is 0. The number of fused-ring (bicyclic) bond motifs is 1. The van der Waals surface area contributed by atoms with Gasteiger partial charge in [-0.3, -0.25) is 0 Å². The van der Waals surface area contributed by atoms with Gasteiger partial charge in [-0.1, -0.05) is 36.4 Å². The Morgan fingerprint density at radius 1 is 1.06 bits per heavy atom. The molecule has 0 aromatic heterocycles. The molecule has 0 saturated carbocycles. The van der Waals surface area contributed by atoms with E-state index in [1.165, 1.54) is 21.3 Å². The second kappa shape index (κ2) is 4.77. The van der Waals surface area contributed by atoms with Crippen molar-refractivity contribution in [2.45, 2.75) is 19.4 Å². The molecule has 1 atom stereocenters. The molecule has 1 nitrogen and oxygen atoms in total. The third kappa shape index (κ3) is 1.95. The third-order valence-electron chi connectivity index (χ3n) is 3.76. The van der Waals surface area contributed by atoms with E-state index in [-0.39, 0.29) is 0 Å². The first-order chi connectivity index (χ1) is 8.77. The van der Waals surface area contributed by atoms with Gasteiger partial charge in [0.05, 0.1) is 11.7 Å². The van der Waals surface area contributed by atoms with Crippen LogP contribution in [0.1, 0.15) is 24.1 Å². The second-order valence-corrected chi connectivity index (χ2v) is 5.62. The van der Waals surface area contributed by atoms with Gasteiger partial charge >= 0.3 is 0 Å². The first kappa shape index (κ1) is 11.8. The van der Waals surface area contributed by atoms with Crippen LogP contribution in [0.15, 0.2) is 53.0 Å². The highest BCUT2D eigenvalue weighted by Crippen LogP contribution is 2.36. The third-order valence-corrected chi connectivity index (χ3v) is 4.43. The Balaban J connectivity index is 2.00. The lowest BCUT2D eigenvalue weighted by molar-refractivity contribution is 0.624. The lowest BCUT2D eigenvalue weighted by Gasteiger charge is -2.37. The van der Waals surface area contributed by atoms with Crippen molar-refractivity contribution in [3.8, 4) is 0 Å². The van der Waals surface area contributed by atoms with E-state index in [4.69, 9.17) is 0 Å². The van der Waals surface area contributed by atoms with Gasteiger partial charge in [-0.25, -0.2) is 0 Å². The van der Waals surface area contributed by atoms with Gasteiger partial charge in [-0.15, -0.1) is 0 Å². The molecule has 1 aliphatic heterocycles. The molecule has 92 valence electrons. The summed E-state index contributed by atoms with van der Waals surface area (Å²) in [6, 6.07) is 17.7. The lowest BCUT2D eigenvalue weighted by Crippen LogP contribution is -2.34. The average molecular weight is 302 g/mol. The Bertz CT molecular complexity index is 565. The minimum atomic E-state index is 0.439. The normalized spacial score (nSPS) is 18.6. The quantitative estimate of drug-likeness (QED) is 0.745. The molecular weight excluding hydrogens is 286 g/mol. The number of nitrogens with zero attached hydrogens (tertiary/aromatic N) is 1. The molecule has 3 rings (SSSR count). The molecular formula is C16H16BrN. The molecule has 0 fully saturated rings. The lowest BCUT2D eigenvalue weighted by atomic mass is 9.93. The molecule has 0 aliphatic carbocycles. The zero-order valence-electron chi connectivity index (χ0n) is 10.4. The van der Waals surface area contributed by atoms with Gasteiger partial charge < -0.3 is 4.90 Å². The highest BCUT2D eigenvalue weighted by atomic mass is 79.9. The maximum absolute atomic E-state index is 3.66. The molecule has 0 radical (unpaired) electrons. The number of benzene rings is 2. The predicted molar refractivity (Wildman–Crippen MR) is 80.0 cm³/mol. The van der Waals surface area contributed by atoms with Gasteiger partial charge in [-0.05, 0) is 52.5 Å². The van der Waals surface area contributed by atoms with Crippen LogP contribution in [0.5, 0.6) is 0 Å². The van der Waals surface area contributed by atoms with Crippen molar-refractivity contribution in [2.24, 2.45) is 0 Å². The summed E-state index contributed by atoms with van der Waals surface area (Å²) in [4.78, 5) is 2.48. The van der Waals surface area contributed by atoms with Crippen LogP contribution < -0.4 is 4.90 Å². The standard InChI is InChI=1S/C16H16BrN/c1-12-14-7-3-2-6-13(14)10-11-18(12)16-9-5-4-8-15(16)17/h2-9,12H,10-11H2,1H3/t12-/m0/s1. The van der Waals surface area contributed by atoms with Crippen molar-refractivity contribution in [1.29, 1.82) is 0 Å². The maximum atomic E-state index is 3.66. The maximum Gasteiger partial charge on any atom is 0.0517 e. The smallest absolute Gasteiger partial charge is 0.0517 e. The molecule has 1 aliphatic rings. The van der Waals surface area contributed by atoms with E-state index in [9.17, 15) is 0 Å². The highest BCUT2D eigenvalue weighted by Gasteiger charge is 2.24. The molecule has 0 bridgehead atoms. The van der Waals surface area contributed by atoms with Crippen LogP contribution in [-0.4, -0.2) is 6.54 Å². The number of hydrogen-bond acceptors (Lipinski definition) is 1.